The van der Waals surface area contributed by atoms with Crippen molar-refractivity contribution in [2.24, 2.45) is 5.92 Å². The van der Waals surface area contributed by atoms with Crippen LogP contribution in [0.1, 0.15) is 12.1 Å². The Morgan fingerprint density at radius 3 is 2.55 bits per heavy atom. The molecule has 2 aromatic heterocycles. The molecule has 0 saturated carbocycles. The Labute approximate surface area is 243 Å². The van der Waals surface area contributed by atoms with E-state index >= 15 is 0 Å². The van der Waals surface area contributed by atoms with Gasteiger partial charge in [-0.2, -0.15) is 0 Å². The molecule has 212 valence electrons. The highest BCUT2D eigenvalue weighted by molar-refractivity contribution is 6.41. The van der Waals surface area contributed by atoms with E-state index in [-0.39, 0.29) is 18.0 Å². The van der Waals surface area contributed by atoms with Crippen molar-refractivity contribution in [1.82, 2.24) is 25.2 Å². The zero-order chi connectivity index (χ0) is 28.4. The number of fused-ring (bicyclic) bond motifs is 1. The van der Waals surface area contributed by atoms with E-state index in [1.165, 1.54) is 6.08 Å². The summed E-state index contributed by atoms with van der Waals surface area (Å²) in [5.74, 6) is 1.47. The molecule has 0 radical (unpaired) electrons. The number of rotatable bonds is 9. The van der Waals surface area contributed by atoms with Crippen LogP contribution in [0, 0.1) is 5.92 Å². The van der Waals surface area contributed by atoms with E-state index in [4.69, 9.17) is 47.4 Å². The Morgan fingerprint density at radius 1 is 1.18 bits per heavy atom. The van der Waals surface area contributed by atoms with Crippen molar-refractivity contribution in [3.63, 3.8) is 0 Å². The first-order chi connectivity index (χ1) is 19.3. The van der Waals surface area contributed by atoms with E-state index in [0.29, 0.717) is 57.9 Å². The van der Waals surface area contributed by atoms with Crippen LogP contribution in [0.5, 0.6) is 11.5 Å². The van der Waals surface area contributed by atoms with Gasteiger partial charge in [-0.1, -0.05) is 29.8 Å². The highest BCUT2D eigenvalue weighted by Gasteiger charge is 2.30. The lowest BCUT2D eigenvalue weighted by atomic mass is 9.99. The van der Waals surface area contributed by atoms with Crippen LogP contribution in [0.15, 0.2) is 31.0 Å². The van der Waals surface area contributed by atoms with Crippen LogP contribution in [0.4, 0.5) is 5.95 Å². The molecule has 2 aliphatic heterocycles. The number of ether oxygens (including phenoxy) is 3. The molecule has 2 aliphatic rings. The van der Waals surface area contributed by atoms with Crippen LogP contribution in [0.25, 0.3) is 22.2 Å². The summed E-state index contributed by atoms with van der Waals surface area (Å²) in [5, 5.41) is 7.71. The van der Waals surface area contributed by atoms with E-state index in [1.807, 2.05) is 6.07 Å². The summed E-state index contributed by atoms with van der Waals surface area (Å²) < 4.78 is 16.6. The lowest BCUT2D eigenvalue weighted by molar-refractivity contribution is -0.117. The van der Waals surface area contributed by atoms with E-state index in [2.05, 4.69) is 34.1 Å². The van der Waals surface area contributed by atoms with Gasteiger partial charge in [-0.15, -0.1) is 0 Å². The first kappa shape index (κ1) is 28.4. The molecule has 0 spiro atoms. The predicted molar refractivity (Wildman–Crippen MR) is 156 cm³/mol. The molecule has 0 bridgehead atoms. The molecule has 2 N–H and O–H groups in total. The maximum Gasteiger partial charge on any atom is 0.243 e. The van der Waals surface area contributed by atoms with E-state index in [0.717, 1.165) is 42.5 Å². The predicted octanol–water partition coefficient (Wildman–Crippen LogP) is 3.99. The maximum absolute atomic E-state index is 11.9. The molecule has 2 fully saturated rings. The third-order valence-corrected chi connectivity index (χ3v) is 8.10. The van der Waals surface area contributed by atoms with Gasteiger partial charge in [0.15, 0.2) is 0 Å². The number of amides is 1. The van der Waals surface area contributed by atoms with Gasteiger partial charge in [0.1, 0.15) is 11.5 Å². The van der Waals surface area contributed by atoms with Gasteiger partial charge < -0.3 is 29.7 Å². The molecular weight excluding hydrogens is 555 g/mol. The molecule has 12 heteroatoms. The standard InChI is InChI=1S/C28H32Cl2N6O4/c1-5-23(37)33-19-13-40-14-20(19)34-28-31-11-16-9-17(24-25(29)21(38-3)10-22(39-4)26(24)30)32-18(27(16)35-28)8-15-6-7-36(2)12-15/h5,9-11,15,19-20H,1,6-8,12-14H2,2-4H3,(H,33,37)(H,31,34,35)/t15?,19-,20+/m0/s1. The minimum Gasteiger partial charge on any atom is -0.495 e. The smallest absolute Gasteiger partial charge is 0.243 e. The maximum atomic E-state index is 11.9. The van der Waals surface area contributed by atoms with Crippen LogP contribution in [0.2, 0.25) is 10.0 Å². The molecule has 3 atom stereocenters. The van der Waals surface area contributed by atoms with Gasteiger partial charge in [0.25, 0.3) is 0 Å². The molecule has 10 nitrogen and oxygen atoms in total. The molecule has 1 aromatic carbocycles. The van der Waals surface area contributed by atoms with Gasteiger partial charge in [0.05, 0.1) is 66.5 Å². The lowest BCUT2D eigenvalue weighted by Crippen LogP contribution is -2.45. The van der Waals surface area contributed by atoms with Crippen LogP contribution >= 0.6 is 23.2 Å². The normalized spacial score (nSPS) is 21.0. The Balaban J connectivity index is 1.56. The summed E-state index contributed by atoms with van der Waals surface area (Å²) in [6.45, 7) is 6.34. The summed E-state index contributed by atoms with van der Waals surface area (Å²) >= 11 is 13.5. The van der Waals surface area contributed by atoms with Crippen molar-refractivity contribution in [3.05, 3.63) is 46.7 Å². The Kier molecular flexibility index (Phi) is 8.60. The highest BCUT2D eigenvalue weighted by Crippen LogP contribution is 2.46. The summed E-state index contributed by atoms with van der Waals surface area (Å²) in [6, 6.07) is 3.11. The SMILES string of the molecule is C=CC(=O)N[C@H]1COC[C@H]1Nc1ncc2cc(-c3c(Cl)c(OC)cc(OC)c3Cl)nc(CC3CCN(C)C3)c2n1. The minimum atomic E-state index is -0.256. The van der Waals surface area contributed by atoms with Crippen LogP contribution < -0.4 is 20.1 Å². The number of nitrogens with one attached hydrogen (secondary N) is 2. The fourth-order valence-corrected chi connectivity index (χ4v) is 5.96. The Hall–Kier alpha value is -3.18. The molecule has 3 aromatic rings. The van der Waals surface area contributed by atoms with Gasteiger partial charge >= 0.3 is 0 Å². The summed E-state index contributed by atoms with van der Waals surface area (Å²) in [6.07, 6.45) is 4.80. The van der Waals surface area contributed by atoms with Crippen LogP contribution in [-0.2, 0) is 16.0 Å². The monoisotopic (exact) mass is 586 g/mol. The molecule has 2 saturated heterocycles. The topological polar surface area (TPSA) is 111 Å². The van der Waals surface area contributed by atoms with Gasteiger partial charge in [-0.3, -0.25) is 9.78 Å². The number of anilines is 1. The largest absolute Gasteiger partial charge is 0.495 e. The van der Waals surface area contributed by atoms with Gasteiger partial charge in [-0.05, 0) is 44.5 Å². The second-order valence-electron chi connectivity index (χ2n) is 10.1. The number of pyridine rings is 1. The number of benzene rings is 1. The van der Waals surface area contributed by atoms with E-state index in [1.54, 1.807) is 26.5 Å². The fourth-order valence-electron chi connectivity index (χ4n) is 5.27. The fraction of sp³-hybridized carbons (Fsp3) is 0.429. The number of halogens is 2. The second-order valence-corrected chi connectivity index (χ2v) is 10.9. The molecule has 1 unspecified atom stereocenters. The van der Waals surface area contributed by atoms with Crippen molar-refractivity contribution in [1.29, 1.82) is 0 Å². The lowest BCUT2D eigenvalue weighted by Gasteiger charge is -2.20. The molecule has 1 amide bonds. The number of hydrogen-bond donors (Lipinski definition) is 2. The number of carbonyl (C=O) groups excluding carboxylic acids is 1. The number of aromatic nitrogens is 3. The van der Waals surface area contributed by atoms with Crippen molar-refractivity contribution in [3.8, 4) is 22.8 Å². The first-order valence-corrected chi connectivity index (χ1v) is 13.8. The van der Waals surface area contributed by atoms with Crippen molar-refractivity contribution in [2.75, 3.05) is 52.9 Å². The zero-order valence-corrected chi connectivity index (χ0v) is 24.2. The number of carbonyl (C=O) groups is 1. The summed E-state index contributed by atoms with van der Waals surface area (Å²) in [7, 11) is 5.21. The Morgan fingerprint density at radius 2 is 1.90 bits per heavy atom. The van der Waals surface area contributed by atoms with E-state index in [9.17, 15) is 4.79 Å². The molecule has 5 rings (SSSR count). The van der Waals surface area contributed by atoms with Crippen LogP contribution in [-0.4, -0.2) is 85.4 Å². The Bertz CT molecular complexity index is 1410. The van der Waals surface area contributed by atoms with Gasteiger partial charge in [0.2, 0.25) is 11.9 Å². The van der Waals surface area contributed by atoms with Gasteiger partial charge in [0, 0.05) is 29.8 Å². The first-order valence-electron chi connectivity index (χ1n) is 13.0. The number of nitrogens with zero attached hydrogens (tertiary/aromatic N) is 4. The van der Waals surface area contributed by atoms with E-state index < -0.39 is 0 Å². The summed E-state index contributed by atoms with van der Waals surface area (Å²) in [5.41, 5.74) is 2.67. The van der Waals surface area contributed by atoms with Crippen molar-refractivity contribution in [2.45, 2.75) is 24.9 Å². The number of likely N-dealkylation sites (tertiary alicyclic amines) is 1. The quantitative estimate of drug-likeness (QED) is 0.359. The second kappa shape index (κ2) is 12.1. The molecule has 40 heavy (non-hydrogen) atoms. The third-order valence-electron chi connectivity index (χ3n) is 7.35. The average molecular weight is 588 g/mol. The number of methoxy groups -OCH3 is 2. The zero-order valence-electron chi connectivity index (χ0n) is 22.7. The van der Waals surface area contributed by atoms with Crippen LogP contribution in [0.3, 0.4) is 0 Å². The molecule has 4 heterocycles. The third kappa shape index (κ3) is 5.81. The average Bonchev–Trinajstić information content (AvgIpc) is 3.56. The molecular formula is C28H32Cl2N6O4. The number of hydrogen-bond acceptors (Lipinski definition) is 9. The van der Waals surface area contributed by atoms with Crippen molar-refractivity contribution < 1.29 is 19.0 Å². The highest BCUT2D eigenvalue weighted by atomic mass is 35.5. The minimum absolute atomic E-state index is 0.192. The summed E-state index contributed by atoms with van der Waals surface area (Å²) in [4.78, 5) is 28.7. The van der Waals surface area contributed by atoms with Gasteiger partial charge in [-0.25, -0.2) is 9.97 Å². The van der Waals surface area contributed by atoms with Crippen molar-refractivity contribution >= 4 is 46.0 Å². The molecule has 0 aliphatic carbocycles.